The average molecular weight is 380 g/mol. The Bertz CT molecular complexity index is 1240. The van der Waals surface area contributed by atoms with Crippen LogP contribution in [0.3, 0.4) is 0 Å². The summed E-state index contributed by atoms with van der Waals surface area (Å²) in [5.74, 6) is -0.321. The van der Waals surface area contributed by atoms with Gasteiger partial charge in [0, 0.05) is 5.56 Å². The van der Waals surface area contributed by atoms with Crippen LogP contribution in [0.15, 0.2) is 65.8 Å². The summed E-state index contributed by atoms with van der Waals surface area (Å²) in [6.45, 7) is 2.03. The summed E-state index contributed by atoms with van der Waals surface area (Å²) in [6.07, 6.45) is 3.80. The van der Waals surface area contributed by atoms with Crippen LogP contribution in [0.4, 0.5) is 0 Å². The Hall–Kier alpha value is -3.73. The molecule has 0 fully saturated rings. The Morgan fingerprint density at radius 2 is 1.86 bits per heavy atom. The minimum Gasteiger partial charge on any atom is -0.272 e. The van der Waals surface area contributed by atoms with Crippen molar-refractivity contribution in [1.29, 1.82) is 0 Å². The summed E-state index contributed by atoms with van der Waals surface area (Å²) in [7, 11) is 0. The fraction of sp³-hybridized carbons (Fsp3) is 0.125. The van der Waals surface area contributed by atoms with Crippen molar-refractivity contribution in [3.8, 4) is 11.3 Å². The number of benzene rings is 3. The zero-order valence-corrected chi connectivity index (χ0v) is 16.1. The van der Waals surface area contributed by atoms with E-state index in [1.54, 1.807) is 12.3 Å². The fourth-order valence-electron chi connectivity index (χ4n) is 3.92. The van der Waals surface area contributed by atoms with Gasteiger partial charge >= 0.3 is 0 Å². The molecule has 142 valence electrons. The van der Waals surface area contributed by atoms with Crippen LogP contribution in [0.5, 0.6) is 0 Å². The maximum atomic E-state index is 12.4. The summed E-state index contributed by atoms with van der Waals surface area (Å²) < 4.78 is 0. The first-order valence-corrected chi connectivity index (χ1v) is 9.68. The first-order valence-electron chi connectivity index (χ1n) is 9.68. The lowest BCUT2D eigenvalue weighted by molar-refractivity contribution is 0.0950. The third-order valence-corrected chi connectivity index (χ3v) is 5.43. The Morgan fingerprint density at radius 3 is 2.69 bits per heavy atom. The molecule has 5 rings (SSSR count). The second kappa shape index (κ2) is 7.02. The van der Waals surface area contributed by atoms with E-state index < -0.39 is 0 Å². The second-order valence-electron chi connectivity index (χ2n) is 7.39. The van der Waals surface area contributed by atoms with E-state index in [1.165, 1.54) is 27.5 Å². The van der Waals surface area contributed by atoms with Gasteiger partial charge in [-0.2, -0.15) is 10.2 Å². The summed E-state index contributed by atoms with van der Waals surface area (Å²) in [6, 6.07) is 20.4. The molecule has 0 radical (unpaired) electrons. The topological polar surface area (TPSA) is 70.1 Å². The summed E-state index contributed by atoms with van der Waals surface area (Å²) in [5.41, 5.74) is 9.60. The van der Waals surface area contributed by atoms with Gasteiger partial charge in [-0.05, 0) is 53.3 Å². The number of rotatable bonds is 4. The number of hydrogen-bond donors (Lipinski definition) is 2. The van der Waals surface area contributed by atoms with Crippen molar-refractivity contribution in [3.63, 3.8) is 0 Å². The quantitative estimate of drug-likeness (QED) is 0.407. The van der Waals surface area contributed by atoms with Crippen molar-refractivity contribution in [3.05, 3.63) is 88.6 Å². The second-order valence-corrected chi connectivity index (χ2v) is 7.39. The maximum Gasteiger partial charge on any atom is 0.289 e. The molecule has 0 spiro atoms. The molecule has 0 saturated heterocycles. The number of amides is 1. The third kappa shape index (κ3) is 3.21. The largest absolute Gasteiger partial charge is 0.289 e. The lowest BCUT2D eigenvalue weighted by Crippen LogP contribution is -2.17. The molecule has 1 heterocycles. The highest BCUT2D eigenvalue weighted by Gasteiger charge is 2.18. The zero-order valence-electron chi connectivity index (χ0n) is 16.1. The number of aromatic nitrogens is 2. The van der Waals surface area contributed by atoms with E-state index in [0.717, 1.165) is 29.7 Å². The van der Waals surface area contributed by atoms with E-state index in [0.29, 0.717) is 5.69 Å². The van der Waals surface area contributed by atoms with Gasteiger partial charge in [0.05, 0.1) is 11.9 Å². The molecule has 1 aromatic heterocycles. The van der Waals surface area contributed by atoms with E-state index in [9.17, 15) is 4.79 Å². The minimum atomic E-state index is -0.321. The van der Waals surface area contributed by atoms with Gasteiger partial charge in [-0.3, -0.25) is 9.89 Å². The molecule has 1 aliphatic rings. The number of aromatic amines is 1. The van der Waals surface area contributed by atoms with Gasteiger partial charge in [-0.25, -0.2) is 5.43 Å². The summed E-state index contributed by atoms with van der Waals surface area (Å²) in [4.78, 5) is 12.4. The molecule has 0 bridgehead atoms. The molecular formula is C24H20N4O. The summed E-state index contributed by atoms with van der Waals surface area (Å²) in [5, 5.41) is 13.8. The molecule has 3 aromatic carbocycles. The number of nitrogens with zero attached hydrogens (tertiary/aromatic N) is 2. The van der Waals surface area contributed by atoms with Crippen molar-refractivity contribution in [2.24, 2.45) is 5.10 Å². The zero-order chi connectivity index (χ0) is 19.8. The number of aryl methyl sites for hydroxylation is 3. The van der Waals surface area contributed by atoms with Crippen LogP contribution >= 0.6 is 0 Å². The van der Waals surface area contributed by atoms with Crippen molar-refractivity contribution in [2.75, 3.05) is 0 Å². The van der Waals surface area contributed by atoms with Crippen molar-refractivity contribution in [1.82, 2.24) is 15.6 Å². The molecule has 0 aliphatic heterocycles. The Morgan fingerprint density at radius 1 is 1.07 bits per heavy atom. The van der Waals surface area contributed by atoms with Crippen LogP contribution in [-0.4, -0.2) is 22.3 Å². The number of nitrogens with one attached hydrogen (secondary N) is 2. The Balaban J connectivity index is 1.38. The molecule has 0 unspecified atom stereocenters. The van der Waals surface area contributed by atoms with Gasteiger partial charge < -0.3 is 0 Å². The molecule has 29 heavy (non-hydrogen) atoms. The Kier molecular flexibility index (Phi) is 4.21. The first kappa shape index (κ1) is 17.4. The van der Waals surface area contributed by atoms with Crippen LogP contribution in [0.25, 0.3) is 22.0 Å². The minimum absolute atomic E-state index is 0.321. The smallest absolute Gasteiger partial charge is 0.272 e. The van der Waals surface area contributed by atoms with Gasteiger partial charge in [0.25, 0.3) is 5.91 Å². The molecule has 5 nitrogen and oxygen atoms in total. The predicted octanol–water partition coefficient (Wildman–Crippen LogP) is 4.40. The van der Waals surface area contributed by atoms with E-state index in [-0.39, 0.29) is 5.91 Å². The van der Waals surface area contributed by atoms with Gasteiger partial charge in [0.2, 0.25) is 0 Å². The van der Waals surface area contributed by atoms with Gasteiger partial charge in [-0.15, -0.1) is 0 Å². The van der Waals surface area contributed by atoms with Gasteiger partial charge in [0.15, 0.2) is 0 Å². The molecular weight excluding hydrogens is 360 g/mol. The Labute approximate surface area is 168 Å². The first-order chi connectivity index (χ1) is 14.2. The number of H-pyrrole nitrogens is 1. The third-order valence-electron chi connectivity index (χ3n) is 5.43. The highest BCUT2D eigenvalue weighted by Crippen LogP contribution is 2.36. The molecule has 0 saturated carbocycles. The number of hydrogen-bond acceptors (Lipinski definition) is 3. The van der Waals surface area contributed by atoms with Gasteiger partial charge in [0.1, 0.15) is 5.69 Å². The molecule has 1 aliphatic carbocycles. The SMILES string of the molecule is Cc1ccc(/C=N/NC(=O)c2cc(-c3ccc4c5c(cccc35)CC4)n[nH]2)cc1. The van der Waals surface area contributed by atoms with Crippen LogP contribution in [0.1, 0.15) is 32.7 Å². The number of carbonyl (C=O) groups is 1. The van der Waals surface area contributed by atoms with Crippen LogP contribution in [0.2, 0.25) is 0 Å². The number of hydrazone groups is 1. The monoisotopic (exact) mass is 380 g/mol. The lowest BCUT2D eigenvalue weighted by atomic mass is 9.98. The van der Waals surface area contributed by atoms with Crippen molar-refractivity contribution >= 4 is 22.9 Å². The van der Waals surface area contributed by atoms with Crippen LogP contribution in [-0.2, 0) is 12.8 Å². The van der Waals surface area contributed by atoms with Crippen LogP contribution in [0, 0.1) is 6.92 Å². The van der Waals surface area contributed by atoms with E-state index >= 15 is 0 Å². The maximum absolute atomic E-state index is 12.4. The lowest BCUT2D eigenvalue weighted by Gasteiger charge is -2.06. The van der Waals surface area contributed by atoms with Gasteiger partial charge in [-0.1, -0.05) is 60.2 Å². The van der Waals surface area contributed by atoms with Crippen molar-refractivity contribution in [2.45, 2.75) is 19.8 Å². The van der Waals surface area contributed by atoms with Crippen LogP contribution < -0.4 is 5.43 Å². The standard InChI is InChI=1S/C24H20N4O/c1-15-5-7-16(8-6-15)14-25-28-24(29)22-13-21(26-27-22)19-12-11-18-10-9-17-3-2-4-20(19)23(17)18/h2-8,11-14H,9-10H2,1H3,(H,26,27)(H,28,29)/b25-14+. The summed E-state index contributed by atoms with van der Waals surface area (Å²) >= 11 is 0. The predicted molar refractivity (Wildman–Crippen MR) is 115 cm³/mol. The van der Waals surface area contributed by atoms with E-state index in [4.69, 9.17) is 0 Å². The molecule has 4 aromatic rings. The van der Waals surface area contributed by atoms with E-state index in [1.807, 2.05) is 31.2 Å². The van der Waals surface area contributed by atoms with Crippen molar-refractivity contribution < 1.29 is 4.79 Å². The highest BCUT2D eigenvalue weighted by molar-refractivity contribution is 6.02. The molecule has 2 N–H and O–H groups in total. The normalized spacial score (nSPS) is 12.7. The molecule has 5 heteroatoms. The highest BCUT2D eigenvalue weighted by atomic mass is 16.2. The number of carbonyl (C=O) groups excluding carboxylic acids is 1. The fourth-order valence-corrected chi connectivity index (χ4v) is 3.92. The average Bonchev–Trinajstić information content (AvgIpc) is 3.39. The molecule has 0 atom stereocenters. The molecule has 1 amide bonds. The van der Waals surface area contributed by atoms with E-state index in [2.05, 4.69) is 51.1 Å².